The van der Waals surface area contributed by atoms with Crippen LogP contribution in [0.25, 0.3) is 0 Å². The Morgan fingerprint density at radius 3 is 2.63 bits per heavy atom. The third kappa shape index (κ3) is 7.58. The number of aromatic nitrogens is 2. The molecule has 0 spiro atoms. The number of aryl methyl sites for hydroxylation is 1. The zero-order chi connectivity index (χ0) is 25.8. The minimum Gasteiger partial charge on any atom is -0.328 e. The van der Waals surface area contributed by atoms with Crippen LogP contribution in [0.1, 0.15) is 71.9 Å². The van der Waals surface area contributed by atoms with Gasteiger partial charge in [-0.15, -0.1) is 0 Å². The maximum atomic E-state index is 14.3. The highest BCUT2D eigenvalue weighted by Crippen LogP contribution is 2.26. The van der Waals surface area contributed by atoms with E-state index in [1.54, 1.807) is 6.33 Å². The molecule has 0 radical (unpaired) electrons. The van der Waals surface area contributed by atoms with E-state index in [0.29, 0.717) is 30.6 Å². The number of nitrogens with one attached hydrogen (secondary N) is 3. The number of fused-ring (bicyclic) bond motifs is 1. The number of anilines is 1. The lowest BCUT2D eigenvalue weighted by molar-refractivity contribution is -0.118. The second-order valence-corrected chi connectivity index (χ2v) is 11.6. The fraction of sp³-hybridized carbons (Fsp3) is 0.630. The number of imidazole rings is 1. The number of carbonyl (C=O) groups is 1. The molecule has 1 aliphatic rings. The van der Waals surface area contributed by atoms with Crippen LogP contribution in [0.2, 0.25) is 0 Å². The SMILES string of the molecule is CCC[C@H](NC1CCc2cc(F)cc(F)c2C1)C(=O)Nc1cn(C(C)(C)CNCC(C)(C)C)cn1. The van der Waals surface area contributed by atoms with Gasteiger partial charge in [-0.2, -0.15) is 0 Å². The normalized spacial score (nSPS) is 17.2. The van der Waals surface area contributed by atoms with Crippen molar-refractivity contribution < 1.29 is 13.6 Å². The smallest absolute Gasteiger partial charge is 0.242 e. The van der Waals surface area contributed by atoms with Crippen molar-refractivity contribution in [2.75, 3.05) is 18.4 Å². The monoisotopic (exact) mass is 489 g/mol. The number of nitrogens with zero attached hydrogens (tertiary/aromatic N) is 2. The van der Waals surface area contributed by atoms with Gasteiger partial charge in [-0.25, -0.2) is 13.8 Å². The Labute approximate surface area is 208 Å². The van der Waals surface area contributed by atoms with Crippen molar-refractivity contribution in [3.05, 3.63) is 47.4 Å². The van der Waals surface area contributed by atoms with Crippen LogP contribution in [0.15, 0.2) is 24.7 Å². The Balaban J connectivity index is 1.61. The molecule has 8 heteroatoms. The first-order chi connectivity index (χ1) is 16.4. The van der Waals surface area contributed by atoms with E-state index in [0.717, 1.165) is 37.6 Å². The molecule has 1 heterocycles. The Morgan fingerprint density at radius 2 is 1.94 bits per heavy atom. The summed E-state index contributed by atoms with van der Waals surface area (Å²) in [6.07, 6.45) is 6.86. The second-order valence-electron chi connectivity index (χ2n) is 11.6. The minimum absolute atomic E-state index is 0.0462. The molecular formula is C27H41F2N5O. The number of carbonyl (C=O) groups excluding carboxylic acids is 1. The summed E-state index contributed by atoms with van der Waals surface area (Å²) >= 11 is 0. The topological polar surface area (TPSA) is 71.0 Å². The van der Waals surface area contributed by atoms with Gasteiger partial charge in [0, 0.05) is 31.4 Å². The largest absolute Gasteiger partial charge is 0.328 e. The number of benzene rings is 1. The van der Waals surface area contributed by atoms with E-state index in [1.165, 1.54) is 6.07 Å². The summed E-state index contributed by atoms with van der Waals surface area (Å²) in [5, 5.41) is 9.89. The van der Waals surface area contributed by atoms with Crippen LogP contribution >= 0.6 is 0 Å². The first-order valence-electron chi connectivity index (χ1n) is 12.7. The van der Waals surface area contributed by atoms with E-state index in [4.69, 9.17) is 0 Å². The molecular weight excluding hydrogens is 448 g/mol. The highest BCUT2D eigenvalue weighted by Gasteiger charge is 2.28. The average Bonchev–Trinajstić information content (AvgIpc) is 3.22. The lowest BCUT2D eigenvalue weighted by atomic mass is 9.87. The predicted molar refractivity (Wildman–Crippen MR) is 137 cm³/mol. The van der Waals surface area contributed by atoms with Gasteiger partial charge in [-0.05, 0) is 62.1 Å². The third-order valence-corrected chi connectivity index (χ3v) is 6.54. The molecule has 0 aliphatic heterocycles. The van der Waals surface area contributed by atoms with Gasteiger partial charge in [0.15, 0.2) is 5.82 Å². The molecule has 194 valence electrons. The molecule has 1 aromatic heterocycles. The van der Waals surface area contributed by atoms with Gasteiger partial charge in [0.25, 0.3) is 0 Å². The summed E-state index contributed by atoms with van der Waals surface area (Å²) in [5.74, 6) is -0.680. The number of hydrogen-bond donors (Lipinski definition) is 3. The molecule has 2 atom stereocenters. The standard InChI is InChI=1S/C27H41F2N5O/c1-7-8-23(32-20-10-9-18-11-19(28)12-22(29)21(18)13-20)25(35)33-24-14-34(17-31-24)27(5,6)16-30-15-26(2,3)4/h11-12,14,17,20,23,30,32H,7-10,13,15-16H2,1-6H3,(H,33,35)/t20?,23-/m0/s1. The third-order valence-electron chi connectivity index (χ3n) is 6.54. The minimum atomic E-state index is -0.538. The highest BCUT2D eigenvalue weighted by atomic mass is 19.1. The number of rotatable bonds is 10. The van der Waals surface area contributed by atoms with Crippen LogP contribution in [0.4, 0.5) is 14.6 Å². The van der Waals surface area contributed by atoms with E-state index < -0.39 is 17.7 Å². The fourth-order valence-electron chi connectivity index (χ4n) is 4.56. The zero-order valence-corrected chi connectivity index (χ0v) is 22.0. The van der Waals surface area contributed by atoms with Gasteiger partial charge in [0.2, 0.25) is 5.91 Å². The molecule has 0 fully saturated rings. The van der Waals surface area contributed by atoms with Crippen LogP contribution < -0.4 is 16.0 Å². The van der Waals surface area contributed by atoms with Crippen molar-refractivity contribution >= 4 is 11.7 Å². The van der Waals surface area contributed by atoms with Crippen molar-refractivity contribution in [2.45, 2.75) is 91.3 Å². The van der Waals surface area contributed by atoms with Crippen molar-refractivity contribution in [1.29, 1.82) is 0 Å². The van der Waals surface area contributed by atoms with Crippen LogP contribution in [0, 0.1) is 17.0 Å². The number of amides is 1. The molecule has 1 aliphatic carbocycles. The van der Waals surface area contributed by atoms with Gasteiger partial charge in [0.05, 0.1) is 17.9 Å². The first-order valence-corrected chi connectivity index (χ1v) is 12.7. The maximum Gasteiger partial charge on any atom is 0.242 e. The summed E-state index contributed by atoms with van der Waals surface area (Å²) < 4.78 is 29.9. The molecule has 3 rings (SSSR count). The summed E-state index contributed by atoms with van der Waals surface area (Å²) in [5.41, 5.74) is 1.27. The van der Waals surface area contributed by atoms with Crippen LogP contribution in [-0.2, 0) is 23.2 Å². The van der Waals surface area contributed by atoms with Crippen LogP contribution in [0.5, 0.6) is 0 Å². The second kappa shape index (κ2) is 11.2. The predicted octanol–water partition coefficient (Wildman–Crippen LogP) is 4.79. The Kier molecular flexibility index (Phi) is 8.70. The first kappa shape index (κ1) is 27.3. The molecule has 0 saturated carbocycles. The summed E-state index contributed by atoms with van der Waals surface area (Å²) in [6, 6.07) is 1.90. The van der Waals surface area contributed by atoms with Crippen LogP contribution in [-0.4, -0.2) is 40.6 Å². The lowest BCUT2D eigenvalue weighted by Gasteiger charge is -2.30. The molecule has 1 aromatic carbocycles. The van der Waals surface area contributed by atoms with Gasteiger partial charge in [-0.1, -0.05) is 34.1 Å². The number of hydrogen-bond acceptors (Lipinski definition) is 4. The van der Waals surface area contributed by atoms with E-state index in [2.05, 4.69) is 55.6 Å². The molecule has 1 amide bonds. The van der Waals surface area contributed by atoms with E-state index in [9.17, 15) is 13.6 Å². The Morgan fingerprint density at radius 1 is 1.20 bits per heavy atom. The summed E-state index contributed by atoms with van der Waals surface area (Å²) in [6.45, 7) is 14.6. The van der Waals surface area contributed by atoms with Crippen molar-refractivity contribution in [3.63, 3.8) is 0 Å². The van der Waals surface area contributed by atoms with E-state index in [1.807, 2.05) is 17.7 Å². The zero-order valence-electron chi connectivity index (χ0n) is 22.0. The fourth-order valence-corrected chi connectivity index (χ4v) is 4.56. The number of halogens is 2. The van der Waals surface area contributed by atoms with Gasteiger partial charge < -0.3 is 20.5 Å². The molecule has 3 N–H and O–H groups in total. The molecule has 0 saturated heterocycles. The van der Waals surface area contributed by atoms with Gasteiger partial charge in [-0.3, -0.25) is 4.79 Å². The highest BCUT2D eigenvalue weighted by molar-refractivity contribution is 5.94. The quantitative estimate of drug-likeness (QED) is 0.449. The Hall–Kier alpha value is -2.32. The van der Waals surface area contributed by atoms with Crippen molar-refractivity contribution in [2.24, 2.45) is 5.41 Å². The lowest BCUT2D eigenvalue weighted by Crippen LogP contribution is -2.48. The molecule has 0 bridgehead atoms. The maximum absolute atomic E-state index is 14.3. The molecule has 1 unspecified atom stereocenters. The molecule has 35 heavy (non-hydrogen) atoms. The van der Waals surface area contributed by atoms with Gasteiger partial charge in [0.1, 0.15) is 11.6 Å². The van der Waals surface area contributed by atoms with E-state index in [-0.39, 0.29) is 22.9 Å². The average molecular weight is 490 g/mol. The van der Waals surface area contributed by atoms with Crippen molar-refractivity contribution in [3.8, 4) is 0 Å². The summed E-state index contributed by atoms with van der Waals surface area (Å²) in [4.78, 5) is 17.5. The van der Waals surface area contributed by atoms with Crippen LogP contribution in [0.3, 0.4) is 0 Å². The van der Waals surface area contributed by atoms with Crippen molar-refractivity contribution in [1.82, 2.24) is 20.2 Å². The summed E-state index contributed by atoms with van der Waals surface area (Å²) in [7, 11) is 0. The Bertz CT molecular complexity index is 1010. The molecule has 6 nitrogen and oxygen atoms in total. The van der Waals surface area contributed by atoms with E-state index >= 15 is 0 Å². The molecule has 2 aromatic rings. The van der Waals surface area contributed by atoms with Gasteiger partial charge >= 0.3 is 0 Å².